The second-order valence-electron chi connectivity index (χ2n) is 4.57. The second-order valence-corrected chi connectivity index (χ2v) is 4.57. The van der Waals surface area contributed by atoms with E-state index in [1.54, 1.807) is 24.3 Å². The number of nitro benzene ring substituents is 2. The van der Waals surface area contributed by atoms with E-state index in [2.05, 4.69) is 13.2 Å². The molecule has 2 aromatic rings. The lowest BCUT2D eigenvalue weighted by Crippen LogP contribution is -1.93. The van der Waals surface area contributed by atoms with Crippen LogP contribution in [-0.4, -0.2) is 9.85 Å². The third-order valence-corrected chi connectivity index (χ3v) is 3.18. The standard InChI is InChI=1S/C16H12N2O4/c1-11(13-5-3-7-15(9-13)17(19)20)12(2)14-6-4-8-16(10-14)18(21)22/h3-10H,1-2H2. The minimum atomic E-state index is -0.493. The van der Waals surface area contributed by atoms with E-state index >= 15 is 0 Å². The molecule has 22 heavy (non-hydrogen) atoms. The predicted molar refractivity (Wildman–Crippen MR) is 84.3 cm³/mol. The monoisotopic (exact) mass is 296 g/mol. The summed E-state index contributed by atoms with van der Waals surface area (Å²) in [5.41, 5.74) is 1.95. The van der Waals surface area contributed by atoms with Crippen LogP contribution in [0.1, 0.15) is 11.1 Å². The Hall–Kier alpha value is -3.28. The second kappa shape index (κ2) is 6.01. The quantitative estimate of drug-likeness (QED) is 0.469. The van der Waals surface area contributed by atoms with Gasteiger partial charge in [0.05, 0.1) is 9.85 Å². The van der Waals surface area contributed by atoms with E-state index in [1.807, 2.05) is 0 Å². The molecule has 0 radical (unpaired) electrons. The summed E-state index contributed by atoms with van der Waals surface area (Å²) >= 11 is 0. The topological polar surface area (TPSA) is 86.3 Å². The molecular weight excluding hydrogens is 284 g/mol. The molecule has 6 nitrogen and oxygen atoms in total. The molecule has 0 spiro atoms. The summed E-state index contributed by atoms with van der Waals surface area (Å²) in [6.07, 6.45) is 0. The van der Waals surface area contributed by atoms with E-state index in [9.17, 15) is 20.2 Å². The van der Waals surface area contributed by atoms with Crippen molar-refractivity contribution in [3.8, 4) is 0 Å². The minimum Gasteiger partial charge on any atom is -0.258 e. The highest BCUT2D eigenvalue weighted by molar-refractivity contribution is 6.03. The van der Waals surface area contributed by atoms with Gasteiger partial charge in [0.25, 0.3) is 11.4 Å². The average Bonchev–Trinajstić information content (AvgIpc) is 2.53. The smallest absolute Gasteiger partial charge is 0.258 e. The first-order valence-electron chi connectivity index (χ1n) is 6.28. The van der Waals surface area contributed by atoms with Gasteiger partial charge in [-0.1, -0.05) is 37.4 Å². The summed E-state index contributed by atoms with van der Waals surface area (Å²) in [7, 11) is 0. The van der Waals surface area contributed by atoms with E-state index in [0.717, 1.165) is 0 Å². The number of hydrogen-bond donors (Lipinski definition) is 0. The van der Waals surface area contributed by atoms with Gasteiger partial charge in [0, 0.05) is 24.3 Å². The minimum absolute atomic E-state index is 0.0505. The van der Waals surface area contributed by atoms with Gasteiger partial charge < -0.3 is 0 Å². The summed E-state index contributed by atoms with van der Waals surface area (Å²) in [5, 5.41) is 21.6. The number of hydrogen-bond acceptors (Lipinski definition) is 4. The summed E-state index contributed by atoms with van der Waals surface area (Å²) in [5.74, 6) is 0. The van der Waals surface area contributed by atoms with Crippen molar-refractivity contribution in [2.24, 2.45) is 0 Å². The fraction of sp³-hybridized carbons (Fsp3) is 0. The third kappa shape index (κ3) is 3.06. The van der Waals surface area contributed by atoms with Crippen LogP contribution in [-0.2, 0) is 0 Å². The van der Waals surface area contributed by atoms with Crippen molar-refractivity contribution >= 4 is 22.5 Å². The Labute approximate surface area is 126 Å². The Morgan fingerprint density at radius 3 is 1.45 bits per heavy atom. The zero-order chi connectivity index (χ0) is 16.3. The van der Waals surface area contributed by atoms with Gasteiger partial charge in [0.2, 0.25) is 0 Å². The lowest BCUT2D eigenvalue weighted by molar-refractivity contribution is -0.385. The van der Waals surface area contributed by atoms with Gasteiger partial charge in [-0.15, -0.1) is 0 Å². The summed E-state index contributed by atoms with van der Waals surface area (Å²) in [6.45, 7) is 7.77. The molecule has 0 aliphatic rings. The number of non-ortho nitro benzene ring substituents is 2. The maximum Gasteiger partial charge on any atom is 0.270 e. The molecule has 0 aliphatic carbocycles. The van der Waals surface area contributed by atoms with Crippen LogP contribution < -0.4 is 0 Å². The number of rotatable bonds is 5. The van der Waals surface area contributed by atoms with E-state index in [0.29, 0.717) is 22.3 Å². The largest absolute Gasteiger partial charge is 0.270 e. The SMILES string of the molecule is C=C(C(=C)c1cccc([N+](=O)[O-])c1)c1cccc([N+](=O)[O-])c1. The Morgan fingerprint density at radius 2 is 1.14 bits per heavy atom. The van der Waals surface area contributed by atoms with Gasteiger partial charge in [-0.25, -0.2) is 0 Å². The fourth-order valence-corrected chi connectivity index (χ4v) is 1.96. The first-order valence-corrected chi connectivity index (χ1v) is 6.28. The van der Waals surface area contributed by atoms with Crippen molar-refractivity contribution in [3.63, 3.8) is 0 Å². The van der Waals surface area contributed by atoms with Gasteiger partial charge in [-0.05, 0) is 22.3 Å². The molecule has 0 heterocycles. The lowest BCUT2D eigenvalue weighted by atomic mass is 9.94. The van der Waals surface area contributed by atoms with Crippen molar-refractivity contribution in [3.05, 3.63) is 93.0 Å². The Morgan fingerprint density at radius 1 is 0.773 bits per heavy atom. The van der Waals surface area contributed by atoms with Crippen LogP contribution >= 0.6 is 0 Å². The molecule has 0 aliphatic heterocycles. The Bertz CT molecular complexity index is 729. The Kier molecular flexibility index (Phi) is 4.13. The zero-order valence-corrected chi connectivity index (χ0v) is 11.6. The van der Waals surface area contributed by atoms with Gasteiger partial charge in [0.15, 0.2) is 0 Å². The maximum atomic E-state index is 10.8. The highest BCUT2D eigenvalue weighted by atomic mass is 16.6. The van der Waals surface area contributed by atoms with Gasteiger partial charge in [-0.2, -0.15) is 0 Å². The lowest BCUT2D eigenvalue weighted by Gasteiger charge is -2.10. The highest BCUT2D eigenvalue weighted by Crippen LogP contribution is 2.31. The van der Waals surface area contributed by atoms with Crippen molar-refractivity contribution in [1.82, 2.24) is 0 Å². The fourth-order valence-electron chi connectivity index (χ4n) is 1.96. The highest BCUT2D eigenvalue weighted by Gasteiger charge is 2.13. The van der Waals surface area contributed by atoms with Crippen molar-refractivity contribution < 1.29 is 9.85 Å². The summed E-state index contributed by atoms with van der Waals surface area (Å²) in [6, 6.07) is 12.0. The normalized spacial score (nSPS) is 10.0. The van der Waals surface area contributed by atoms with Crippen LogP contribution in [0.2, 0.25) is 0 Å². The molecule has 0 saturated heterocycles. The van der Waals surface area contributed by atoms with Crippen LogP contribution in [0.25, 0.3) is 11.1 Å². The van der Waals surface area contributed by atoms with E-state index < -0.39 is 9.85 Å². The van der Waals surface area contributed by atoms with Gasteiger partial charge in [0.1, 0.15) is 0 Å². The average molecular weight is 296 g/mol. The molecule has 6 heteroatoms. The molecule has 0 amide bonds. The molecule has 0 N–H and O–H groups in total. The number of allylic oxidation sites excluding steroid dienone is 2. The Balaban J connectivity index is 2.35. The predicted octanol–water partition coefficient (Wildman–Crippen LogP) is 4.23. The molecule has 0 bridgehead atoms. The molecule has 0 fully saturated rings. The molecular formula is C16H12N2O4. The van der Waals surface area contributed by atoms with Crippen LogP contribution in [0, 0.1) is 20.2 Å². The zero-order valence-electron chi connectivity index (χ0n) is 11.6. The van der Waals surface area contributed by atoms with E-state index in [4.69, 9.17) is 0 Å². The molecule has 2 aromatic carbocycles. The first kappa shape index (κ1) is 15.1. The van der Waals surface area contributed by atoms with E-state index in [-0.39, 0.29) is 11.4 Å². The number of benzene rings is 2. The summed E-state index contributed by atoms with van der Waals surface area (Å²) < 4.78 is 0. The van der Waals surface area contributed by atoms with E-state index in [1.165, 1.54) is 24.3 Å². The molecule has 0 atom stereocenters. The van der Waals surface area contributed by atoms with Gasteiger partial charge >= 0.3 is 0 Å². The van der Waals surface area contributed by atoms with Crippen molar-refractivity contribution in [1.29, 1.82) is 0 Å². The molecule has 0 saturated carbocycles. The molecule has 110 valence electrons. The summed E-state index contributed by atoms with van der Waals surface area (Å²) in [4.78, 5) is 20.6. The van der Waals surface area contributed by atoms with Crippen molar-refractivity contribution in [2.45, 2.75) is 0 Å². The molecule has 0 aromatic heterocycles. The molecule has 2 rings (SSSR count). The number of nitrogens with zero attached hydrogens (tertiary/aromatic N) is 2. The van der Waals surface area contributed by atoms with Crippen LogP contribution in [0.4, 0.5) is 11.4 Å². The van der Waals surface area contributed by atoms with Crippen LogP contribution in [0.3, 0.4) is 0 Å². The molecule has 0 unspecified atom stereocenters. The number of nitro groups is 2. The third-order valence-electron chi connectivity index (χ3n) is 3.18. The van der Waals surface area contributed by atoms with Crippen molar-refractivity contribution in [2.75, 3.05) is 0 Å². The van der Waals surface area contributed by atoms with Crippen LogP contribution in [0.15, 0.2) is 61.7 Å². The van der Waals surface area contributed by atoms with Gasteiger partial charge in [-0.3, -0.25) is 20.2 Å². The maximum absolute atomic E-state index is 10.8. The van der Waals surface area contributed by atoms with Crippen LogP contribution in [0.5, 0.6) is 0 Å². The first-order chi connectivity index (χ1) is 10.4.